The number of nitrogens with zero attached hydrogens (tertiary/aromatic N) is 3. The van der Waals surface area contributed by atoms with Crippen molar-refractivity contribution in [3.05, 3.63) is 33.8 Å². The van der Waals surface area contributed by atoms with E-state index in [1.165, 1.54) is 0 Å². The van der Waals surface area contributed by atoms with Crippen LogP contribution in [0.2, 0.25) is 10.0 Å². The Morgan fingerprint density at radius 1 is 1.21 bits per heavy atom. The molecule has 2 rings (SSSR count). The van der Waals surface area contributed by atoms with Crippen LogP contribution in [-0.2, 0) is 11.3 Å². The molecule has 1 saturated heterocycles. The van der Waals surface area contributed by atoms with Gasteiger partial charge in [-0.1, -0.05) is 23.2 Å². The first-order chi connectivity index (χ1) is 12.9. The summed E-state index contributed by atoms with van der Waals surface area (Å²) < 4.78 is 0. The number of hydrogen-bond donors (Lipinski definition) is 2. The first kappa shape index (κ1) is 25.3. The lowest BCUT2D eigenvalue weighted by molar-refractivity contribution is -0.127. The van der Waals surface area contributed by atoms with Crippen LogP contribution in [0.4, 0.5) is 0 Å². The third kappa shape index (κ3) is 8.71. The highest BCUT2D eigenvalue weighted by Gasteiger charge is 2.20. The number of hydrogen-bond acceptors (Lipinski definition) is 3. The number of rotatable bonds is 6. The average Bonchev–Trinajstić information content (AvgIpc) is 2.60. The van der Waals surface area contributed by atoms with Crippen LogP contribution < -0.4 is 10.6 Å². The molecule has 0 bridgehead atoms. The molecule has 6 nitrogen and oxygen atoms in total. The molecule has 28 heavy (non-hydrogen) atoms. The summed E-state index contributed by atoms with van der Waals surface area (Å²) in [5.74, 6) is 0.690. The van der Waals surface area contributed by atoms with Crippen LogP contribution in [0.5, 0.6) is 0 Å². The fourth-order valence-electron chi connectivity index (χ4n) is 3.00. The Bertz CT molecular complexity index is 643. The van der Waals surface area contributed by atoms with Gasteiger partial charge in [0.05, 0.1) is 0 Å². The second-order valence-electron chi connectivity index (χ2n) is 6.96. The number of guanidine groups is 1. The van der Waals surface area contributed by atoms with Crippen molar-refractivity contribution in [3.63, 3.8) is 0 Å². The van der Waals surface area contributed by atoms with E-state index in [9.17, 15) is 4.79 Å². The number of halogens is 3. The van der Waals surface area contributed by atoms with Crippen molar-refractivity contribution in [2.24, 2.45) is 4.99 Å². The molecule has 0 spiro atoms. The molecular weight excluding hydrogens is 512 g/mol. The van der Waals surface area contributed by atoms with Crippen LogP contribution in [0.25, 0.3) is 0 Å². The first-order valence-electron chi connectivity index (χ1n) is 9.29. The molecule has 1 aliphatic rings. The van der Waals surface area contributed by atoms with Crippen molar-refractivity contribution < 1.29 is 4.79 Å². The lowest BCUT2D eigenvalue weighted by atomic mass is 10.0. The summed E-state index contributed by atoms with van der Waals surface area (Å²) in [6, 6.07) is 6.03. The topological polar surface area (TPSA) is 60.0 Å². The predicted molar refractivity (Wildman–Crippen MR) is 128 cm³/mol. The Morgan fingerprint density at radius 2 is 1.82 bits per heavy atom. The van der Waals surface area contributed by atoms with Gasteiger partial charge < -0.3 is 15.5 Å². The van der Waals surface area contributed by atoms with E-state index < -0.39 is 0 Å². The summed E-state index contributed by atoms with van der Waals surface area (Å²) in [5, 5.41) is 8.01. The maximum absolute atomic E-state index is 11.7. The van der Waals surface area contributed by atoms with E-state index in [0.29, 0.717) is 22.0 Å². The summed E-state index contributed by atoms with van der Waals surface area (Å²) in [6.45, 7) is 5.74. The van der Waals surface area contributed by atoms with E-state index in [4.69, 9.17) is 23.2 Å². The molecule has 1 amide bonds. The second kappa shape index (κ2) is 12.7. The lowest BCUT2D eigenvalue weighted by Crippen LogP contribution is -2.48. The Kier molecular flexibility index (Phi) is 11.5. The first-order valence-corrected chi connectivity index (χ1v) is 10.0. The predicted octanol–water partition coefficient (Wildman–Crippen LogP) is 3.22. The Morgan fingerprint density at radius 3 is 2.36 bits per heavy atom. The minimum Gasteiger partial charge on any atom is -0.357 e. The zero-order chi connectivity index (χ0) is 19.8. The third-order valence-corrected chi connectivity index (χ3v) is 4.91. The number of nitrogens with one attached hydrogen (secondary N) is 2. The maximum Gasteiger partial charge on any atom is 0.243 e. The second-order valence-corrected chi connectivity index (χ2v) is 7.83. The summed E-state index contributed by atoms with van der Waals surface area (Å²) in [6.07, 6.45) is 2.03. The SMILES string of the molecule is CCNC(=NCC(=O)N(C)C)NC1CCN(Cc2cc(Cl)cc(Cl)c2)CC1.I. The summed E-state index contributed by atoms with van der Waals surface area (Å²) in [7, 11) is 3.47. The van der Waals surface area contributed by atoms with Crippen LogP contribution in [0, 0.1) is 0 Å². The number of benzene rings is 1. The molecule has 1 aliphatic heterocycles. The zero-order valence-electron chi connectivity index (χ0n) is 16.7. The van der Waals surface area contributed by atoms with Crippen LogP contribution in [-0.4, -0.2) is 68.0 Å². The number of piperidine rings is 1. The van der Waals surface area contributed by atoms with E-state index in [2.05, 4.69) is 20.5 Å². The largest absolute Gasteiger partial charge is 0.357 e. The van der Waals surface area contributed by atoms with E-state index in [1.807, 2.05) is 19.1 Å². The van der Waals surface area contributed by atoms with Crippen LogP contribution in [0.1, 0.15) is 25.3 Å². The normalized spacial score (nSPS) is 15.7. The number of carbonyl (C=O) groups is 1. The van der Waals surface area contributed by atoms with Gasteiger partial charge in [0, 0.05) is 56.4 Å². The van der Waals surface area contributed by atoms with E-state index in [0.717, 1.165) is 44.6 Å². The highest BCUT2D eigenvalue weighted by atomic mass is 127. The van der Waals surface area contributed by atoms with Crippen molar-refractivity contribution in [3.8, 4) is 0 Å². The summed E-state index contributed by atoms with van der Waals surface area (Å²) in [5.41, 5.74) is 1.14. The highest BCUT2D eigenvalue weighted by Crippen LogP contribution is 2.21. The smallest absolute Gasteiger partial charge is 0.243 e. The number of carbonyl (C=O) groups excluding carboxylic acids is 1. The van der Waals surface area contributed by atoms with Gasteiger partial charge in [-0.3, -0.25) is 9.69 Å². The van der Waals surface area contributed by atoms with Crippen molar-refractivity contribution >= 4 is 59.0 Å². The van der Waals surface area contributed by atoms with E-state index in [-0.39, 0.29) is 36.4 Å². The van der Waals surface area contributed by atoms with Gasteiger partial charge in [0.15, 0.2) is 5.96 Å². The van der Waals surface area contributed by atoms with Crippen molar-refractivity contribution in [2.45, 2.75) is 32.4 Å². The number of aliphatic imine (C=N–C) groups is 1. The van der Waals surface area contributed by atoms with Crippen molar-refractivity contribution in [1.29, 1.82) is 0 Å². The molecule has 0 aromatic heterocycles. The fourth-order valence-corrected chi connectivity index (χ4v) is 3.57. The van der Waals surface area contributed by atoms with Gasteiger partial charge in [-0.15, -0.1) is 24.0 Å². The Labute approximate surface area is 195 Å². The third-order valence-electron chi connectivity index (χ3n) is 4.47. The molecule has 2 N–H and O–H groups in total. The van der Waals surface area contributed by atoms with Gasteiger partial charge >= 0.3 is 0 Å². The van der Waals surface area contributed by atoms with Gasteiger partial charge in [-0.2, -0.15) is 0 Å². The molecule has 1 heterocycles. The number of amides is 1. The average molecular weight is 542 g/mol. The molecule has 9 heteroatoms. The minimum absolute atomic E-state index is 0. The van der Waals surface area contributed by atoms with Gasteiger partial charge in [0.1, 0.15) is 6.54 Å². The summed E-state index contributed by atoms with van der Waals surface area (Å²) >= 11 is 12.2. The van der Waals surface area contributed by atoms with Crippen LogP contribution in [0.15, 0.2) is 23.2 Å². The molecule has 0 aliphatic carbocycles. The Hall–Kier alpha value is -0.770. The molecule has 0 saturated carbocycles. The maximum atomic E-state index is 11.7. The monoisotopic (exact) mass is 541 g/mol. The van der Waals surface area contributed by atoms with Gasteiger partial charge in [-0.05, 0) is 43.5 Å². The molecule has 0 radical (unpaired) electrons. The van der Waals surface area contributed by atoms with Crippen LogP contribution >= 0.6 is 47.2 Å². The molecule has 1 fully saturated rings. The van der Waals surface area contributed by atoms with Crippen LogP contribution in [0.3, 0.4) is 0 Å². The molecule has 0 unspecified atom stereocenters. The van der Waals surface area contributed by atoms with Crippen molar-refractivity contribution in [2.75, 3.05) is 40.3 Å². The molecular formula is C19H30Cl2IN5O. The Balaban J connectivity index is 0.00000392. The van der Waals surface area contributed by atoms with E-state index >= 15 is 0 Å². The highest BCUT2D eigenvalue weighted by molar-refractivity contribution is 14.0. The fraction of sp³-hybridized carbons (Fsp3) is 0.579. The molecule has 1 aromatic rings. The van der Waals surface area contributed by atoms with Crippen molar-refractivity contribution in [1.82, 2.24) is 20.4 Å². The lowest BCUT2D eigenvalue weighted by Gasteiger charge is -2.33. The van der Waals surface area contributed by atoms with Gasteiger partial charge in [0.25, 0.3) is 0 Å². The standard InChI is InChI=1S/C19H29Cl2N5O.HI/c1-4-22-19(23-12-18(27)25(2)3)24-17-5-7-26(8-6-17)13-14-9-15(20)11-16(21)10-14;/h9-11,17H,4-8,12-13H2,1-3H3,(H2,22,23,24);1H. The van der Waals surface area contributed by atoms with Gasteiger partial charge in [-0.25, -0.2) is 4.99 Å². The quantitative estimate of drug-likeness (QED) is 0.330. The minimum atomic E-state index is -0.0118. The molecule has 158 valence electrons. The zero-order valence-corrected chi connectivity index (χ0v) is 20.5. The molecule has 1 aromatic carbocycles. The molecule has 0 atom stereocenters. The van der Waals surface area contributed by atoms with Gasteiger partial charge in [0.2, 0.25) is 5.91 Å². The number of likely N-dealkylation sites (N-methyl/N-ethyl adjacent to an activating group) is 1. The van der Waals surface area contributed by atoms with E-state index in [1.54, 1.807) is 25.1 Å². The summed E-state index contributed by atoms with van der Waals surface area (Å²) in [4.78, 5) is 20.1. The number of likely N-dealkylation sites (tertiary alicyclic amines) is 1.